The standard InChI is InChI=1S/C29H56O5/c1-3-5-7-9-11-13-19-26(20-14-12-10-8-6-4-2)25-27(34-29(30)31)21-15-17-23-32-28-22-16-18-24-33-28/h26-28H,3-25H2,1-2H3,(H,30,31). The van der Waals surface area contributed by atoms with Gasteiger partial charge in [0.25, 0.3) is 0 Å². The Hall–Kier alpha value is -0.810. The van der Waals surface area contributed by atoms with E-state index in [-0.39, 0.29) is 12.4 Å². The number of carboxylic acid groups (broad SMARTS) is 1. The maximum Gasteiger partial charge on any atom is 0.506 e. The number of hydrogen-bond donors (Lipinski definition) is 1. The maximum atomic E-state index is 11.3. The minimum atomic E-state index is -1.13. The molecule has 34 heavy (non-hydrogen) atoms. The molecule has 5 heteroatoms. The molecule has 1 aliphatic rings. The summed E-state index contributed by atoms with van der Waals surface area (Å²) in [7, 11) is 0. The van der Waals surface area contributed by atoms with E-state index in [4.69, 9.17) is 14.2 Å². The predicted octanol–water partition coefficient (Wildman–Crippen LogP) is 9.27. The average Bonchev–Trinajstić information content (AvgIpc) is 2.83. The zero-order valence-corrected chi connectivity index (χ0v) is 22.6. The number of hydrogen-bond acceptors (Lipinski definition) is 4. The van der Waals surface area contributed by atoms with E-state index in [0.717, 1.165) is 45.1 Å². The second kappa shape index (κ2) is 22.6. The molecule has 0 aliphatic carbocycles. The topological polar surface area (TPSA) is 65.0 Å². The minimum absolute atomic E-state index is 0.0427. The highest BCUT2D eigenvalue weighted by atomic mass is 16.7. The van der Waals surface area contributed by atoms with Crippen LogP contribution in [0.25, 0.3) is 0 Å². The van der Waals surface area contributed by atoms with Gasteiger partial charge in [-0.05, 0) is 50.9 Å². The van der Waals surface area contributed by atoms with Crippen molar-refractivity contribution in [1.29, 1.82) is 0 Å². The van der Waals surface area contributed by atoms with Crippen molar-refractivity contribution in [2.75, 3.05) is 13.2 Å². The summed E-state index contributed by atoms with van der Waals surface area (Å²) in [5, 5.41) is 9.30. The molecule has 0 radical (unpaired) electrons. The van der Waals surface area contributed by atoms with Crippen molar-refractivity contribution in [3.63, 3.8) is 0 Å². The first kappa shape index (κ1) is 31.2. The van der Waals surface area contributed by atoms with Crippen molar-refractivity contribution in [1.82, 2.24) is 0 Å². The summed E-state index contributed by atoms with van der Waals surface area (Å²) in [6.07, 6.45) is 23.6. The second-order valence-electron chi connectivity index (χ2n) is 10.4. The van der Waals surface area contributed by atoms with Gasteiger partial charge in [0, 0.05) is 13.2 Å². The van der Waals surface area contributed by atoms with Gasteiger partial charge in [-0.15, -0.1) is 0 Å². The lowest BCUT2D eigenvalue weighted by molar-refractivity contribution is -0.162. The molecule has 2 unspecified atom stereocenters. The van der Waals surface area contributed by atoms with Crippen molar-refractivity contribution in [3.05, 3.63) is 0 Å². The number of rotatable bonds is 23. The minimum Gasteiger partial charge on any atom is -0.450 e. The molecule has 0 aromatic carbocycles. The van der Waals surface area contributed by atoms with Crippen LogP contribution in [-0.2, 0) is 14.2 Å². The van der Waals surface area contributed by atoms with Crippen LogP contribution in [-0.4, -0.2) is 36.9 Å². The van der Waals surface area contributed by atoms with Crippen molar-refractivity contribution >= 4 is 6.16 Å². The number of unbranched alkanes of at least 4 members (excludes halogenated alkanes) is 11. The van der Waals surface area contributed by atoms with Gasteiger partial charge >= 0.3 is 6.16 Å². The van der Waals surface area contributed by atoms with Crippen LogP contribution in [0.15, 0.2) is 0 Å². The number of ether oxygens (including phenoxy) is 3. The van der Waals surface area contributed by atoms with Crippen LogP contribution in [0.2, 0.25) is 0 Å². The Balaban J connectivity index is 2.38. The molecule has 0 aromatic heterocycles. The van der Waals surface area contributed by atoms with Crippen LogP contribution in [0, 0.1) is 5.92 Å². The number of carbonyl (C=O) groups is 1. The van der Waals surface area contributed by atoms with Crippen molar-refractivity contribution in [2.24, 2.45) is 5.92 Å². The molecular weight excluding hydrogens is 428 g/mol. The van der Waals surface area contributed by atoms with Crippen LogP contribution in [0.5, 0.6) is 0 Å². The zero-order chi connectivity index (χ0) is 24.7. The smallest absolute Gasteiger partial charge is 0.450 e. The molecule has 202 valence electrons. The summed E-state index contributed by atoms with van der Waals surface area (Å²) in [6.45, 7) is 6.01. The van der Waals surface area contributed by atoms with Gasteiger partial charge in [-0.2, -0.15) is 0 Å². The van der Waals surface area contributed by atoms with Gasteiger partial charge in [0.05, 0.1) is 0 Å². The van der Waals surface area contributed by atoms with Gasteiger partial charge in [0.15, 0.2) is 6.29 Å². The summed E-state index contributed by atoms with van der Waals surface area (Å²) in [5.74, 6) is 0.577. The van der Waals surface area contributed by atoms with Crippen molar-refractivity contribution < 1.29 is 24.1 Å². The Morgan fingerprint density at radius 2 is 1.41 bits per heavy atom. The Morgan fingerprint density at radius 3 is 1.97 bits per heavy atom. The fourth-order valence-electron chi connectivity index (χ4n) is 5.08. The molecule has 0 bridgehead atoms. The molecule has 0 spiro atoms. The average molecular weight is 485 g/mol. The summed E-state index contributed by atoms with van der Waals surface area (Å²) in [4.78, 5) is 11.3. The van der Waals surface area contributed by atoms with Crippen molar-refractivity contribution in [2.45, 2.75) is 161 Å². The fourth-order valence-corrected chi connectivity index (χ4v) is 5.08. The van der Waals surface area contributed by atoms with Gasteiger partial charge < -0.3 is 19.3 Å². The predicted molar refractivity (Wildman–Crippen MR) is 140 cm³/mol. The lowest BCUT2D eigenvalue weighted by Crippen LogP contribution is -2.23. The molecule has 1 heterocycles. The molecule has 1 rings (SSSR count). The van der Waals surface area contributed by atoms with Gasteiger partial charge in [0.1, 0.15) is 6.10 Å². The third kappa shape index (κ3) is 18.5. The van der Waals surface area contributed by atoms with Crippen LogP contribution >= 0.6 is 0 Å². The highest BCUT2D eigenvalue weighted by Gasteiger charge is 2.20. The largest absolute Gasteiger partial charge is 0.506 e. The van der Waals surface area contributed by atoms with Crippen molar-refractivity contribution in [3.8, 4) is 0 Å². The zero-order valence-electron chi connectivity index (χ0n) is 22.6. The highest BCUT2D eigenvalue weighted by molar-refractivity contribution is 5.57. The van der Waals surface area contributed by atoms with E-state index < -0.39 is 6.16 Å². The van der Waals surface area contributed by atoms with Gasteiger partial charge in [-0.3, -0.25) is 0 Å². The Labute approximate surface area is 210 Å². The van der Waals surface area contributed by atoms with E-state index in [1.165, 1.54) is 96.3 Å². The monoisotopic (exact) mass is 484 g/mol. The first-order valence-corrected chi connectivity index (χ1v) is 14.8. The van der Waals surface area contributed by atoms with Crippen LogP contribution in [0.1, 0.15) is 149 Å². The fraction of sp³-hybridized carbons (Fsp3) is 0.966. The van der Waals surface area contributed by atoms with Crippen LogP contribution in [0.3, 0.4) is 0 Å². The lowest BCUT2D eigenvalue weighted by atomic mass is 9.88. The molecule has 1 saturated heterocycles. The third-order valence-corrected chi connectivity index (χ3v) is 7.16. The first-order chi connectivity index (χ1) is 16.7. The Bertz CT molecular complexity index is 434. The van der Waals surface area contributed by atoms with E-state index in [1.54, 1.807) is 0 Å². The lowest BCUT2D eigenvalue weighted by Gasteiger charge is -2.24. The van der Waals surface area contributed by atoms with E-state index in [9.17, 15) is 9.90 Å². The summed E-state index contributed by atoms with van der Waals surface area (Å²) < 4.78 is 16.8. The Morgan fingerprint density at radius 1 is 0.824 bits per heavy atom. The normalized spacial score (nSPS) is 17.2. The highest BCUT2D eigenvalue weighted by Crippen LogP contribution is 2.26. The van der Waals surface area contributed by atoms with E-state index in [0.29, 0.717) is 12.5 Å². The Kier molecular flexibility index (Phi) is 20.8. The molecule has 0 aromatic rings. The molecular formula is C29H56O5. The first-order valence-electron chi connectivity index (χ1n) is 14.8. The summed E-state index contributed by atoms with van der Waals surface area (Å²) in [6, 6.07) is 0. The molecule has 1 N–H and O–H groups in total. The van der Waals surface area contributed by atoms with Crippen LogP contribution < -0.4 is 0 Å². The molecule has 1 aliphatic heterocycles. The van der Waals surface area contributed by atoms with E-state index in [2.05, 4.69) is 13.8 Å². The summed E-state index contributed by atoms with van der Waals surface area (Å²) >= 11 is 0. The van der Waals surface area contributed by atoms with Crippen LogP contribution in [0.4, 0.5) is 4.79 Å². The molecule has 0 saturated carbocycles. The quantitative estimate of drug-likeness (QED) is 0.116. The van der Waals surface area contributed by atoms with E-state index >= 15 is 0 Å². The van der Waals surface area contributed by atoms with Gasteiger partial charge in [-0.25, -0.2) is 4.79 Å². The third-order valence-electron chi connectivity index (χ3n) is 7.16. The maximum absolute atomic E-state index is 11.3. The molecule has 0 amide bonds. The van der Waals surface area contributed by atoms with Gasteiger partial charge in [-0.1, -0.05) is 104 Å². The SMILES string of the molecule is CCCCCCCCC(CCCCCCCC)CC(CCCCOC1CCCCO1)OC(=O)O. The molecule has 1 fully saturated rings. The van der Waals surface area contributed by atoms with Gasteiger partial charge in [0.2, 0.25) is 0 Å². The molecule has 2 atom stereocenters. The summed E-state index contributed by atoms with van der Waals surface area (Å²) in [5.41, 5.74) is 0. The molecule has 5 nitrogen and oxygen atoms in total. The van der Waals surface area contributed by atoms with E-state index in [1.807, 2.05) is 0 Å². The second-order valence-corrected chi connectivity index (χ2v) is 10.4.